The summed E-state index contributed by atoms with van der Waals surface area (Å²) < 4.78 is 4.97. The lowest BCUT2D eigenvalue weighted by Crippen LogP contribution is -2.49. The fraction of sp³-hybridized carbons (Fsp3) is 0.929. The Hall–Kier alpha value is -0.610. The minimum absolute atomic E-state index is 0.0906. The highest BCUT2D eigenvalue weighted by molar-refractivity contribution is 5.81. The molecule has 1 aliphatic heterocycles. The normalized spacial score (nSPS) is 20.8. The number of nitrogens with two attached hydrogens (primary N) is 1. The van der Waals surface area contributed by atoms with Gasteiger partial charge >= 0.3 is 0 Å². The minimum Gasteiger partial charge on any atom is -0.385 e. The molecule has 0 saturated carbocycles. The molecular formula is C14H28N2O2. The predicted molar refractivity (Wildman–Crippen MR) is 73.3 cm³/mol. The number of carbonyl (C=O) groups excluding carboxylic acids is 1. The van der Waals surface area contributed by atoms with Crippen molar-refractivity contribution in [1.29, 1.82) is 0 Å². The van der Waals surface area contributed by atoms with E-state index in [2.05, 4.69) is 13.8 Å². The molecule has 2 N–H and O–H groups in total. The molecule has 0 bridgehead atoms. The van der Waals surface area contributed by atoms with Gasteiger partial charge in [-0.15, -0.1) is 0 Å². The highest BCUT2D eigenvalue weighted by Gasteiger charge is 2.33. The molecule has 18 heavy (non-hydrogen) atoms. The Morgan fingerprint density at radius 1 is 1.33 bits per heavy atom. The summed E-state index contributed by atoms with van der Waals surface area (Å²) in [4.78, 5) is 14.1. The van der Waals surface area contributed by atoms with Crippen molar-refractivity contribution in [2.24, 2.45) is 11.1 Å². The molecule has 0 aromatic heterocycles. The third-order valence-electron chi connectivity index (χ3n) is 4.59. The van der Waals surface area contributed by atoms with Crippen molar-refractivity contribution in [2.45, 2.75) is 52.0 Å². The van der Waals surface area contributed by atoms with Gasteiger partial charge in [-0.3, -0.25) is 4.79 Å². The number of methoxy groups -OCH3 is 1. The van der Waals surface area contributed by atoms with Gasteiger partial charge < -0.3 is 15.4 Å². The summed E-state index contributed by atoms with van der Waals surface area (Å²) in [7, 11) is 1.63. The van der Waals surface area contributed by atoms with Gasteiger partial charge in [-0.1, -0.05) is 26.7 Å². The zero-order chi connectivity index (χ0) is 13.6. The summed E-state index contributed by atoms with van der Waals surface area (Å²) in [6.45, 7) is 6.79. The Kier molecular flexibility index (Phi) is 6.09. The molecule has 1 heterocycles. The average Bonchev–Trinajstić information content (AvgIpc) is 2.44. The SMILES string of the molecule is CCC1(CC)CCN(C(=O)C(N)CCOC)CC1. The van der Waals surface area contributed by atoms with Crippen LogP contribution in [0.2, 0.25) is 0 Å². The van der Waals surface area contributed by atoms with Gasteiger partial charge in [0.15, 0.2) is 0 Å². The summed E-state index contributed by atoms with van der Waals surface area (Å²) in [6, 6.07) is -0.402. The zero-order valence-corrected chi connectivity index (χ0v) is 12.1. The van der Waals surface area contributed by atoms with Gasteiger partial charge in [0.2, 0.25) is 5.91 Å². The summed E-state index contributed by atoms with van der Waals surface area (Å²) in [5.74, 6) is 0.0906. The standard InChI is InChI=1S/C14H28N2O2/c1-4-14(5-2)7-9-16(10-8-14)13(17)12(15)6-11-18-3/h12H,4-11,15H2,1-3H3. The average molecular weight is 256 g/mol. The van der Waals surface area contributed by atoms with Crippen molar-refractivity contribution in [2.75, 3.05) is 26.8 Å². The van der Waals surface area contributed by atoms with E-state index in [0.717, 1.165) is 25.9 Å². The Labute approximate surface area is 111 Å². The molecule has 0 aromatic carbocycles. The molecule has 1 fully saturated rings. The molecule has 1 unspecified atom stereocenters. The van der Waals surface area contributed by atoms with Gasteiger partial charge in [0.1, 0.15) is 0 Å². The van der Waals surface area contributed by atoms with Gasteiger partial charge in [0, 0.05) is 26.8 Å². The Balaban J connectivity index is 2.44. The molecular weight excluding hydrogens is 228 g/mol. The van der Waals surface area contributed by atoms with Crippen LogP contribution in [0.3, 0.4) is 0 Å². The van der Waals surface area contributed by atoms with Gasteiger partial charge in [0.05, 0.1) is 6.04 Å². The molecule has 1 amide bonds. The number of hydrogen-bond acceptors (Lipinski definition) is 3. The number of rotatable bonds is 6. The minimum atomic E-state index is -0.402. The third-order valence-corrected chi connectivity index (χ3v) is 4.59. The van der Waals surface area contributed by atoms with Gasteiger partial charge in [-0.25, -0.2) is 0 Å². The van der Waals surface area contributed by atoms with E-state index >= 15 is 0 Å². The molecule has 4 heteroatoms. The zero-order valence-electron chi connectivity index (χ0n) is 12.1. The maximum Gasteiger partial charge on any atom is 0.239 e. The van der Waals surface area contributed by atoms with Crippen molar-refractivity contribution >= 4 is 5.91 Å². The van der Waals surface area contributed by atoms with Crippen LogP contribution in [0.4, 0.5) is 0 Å². The summed E-state index contributed by atoms with van der Waals surface area (Å²) in [5, 5.41) is 0. The number of hydrogen-bond donors (Lipinski definition) is 1. The number of ether oxygens (including phenoxy) is 1. The van der Waals surface area contributed by atoms with Crippen LogP contribution >= 0.6 is 0 Å². The smallest absolute Gasteiger partial charge is 0.239 e. The van der Waals surface area contributed by atoms with Crippen molar-refractivity contribution in [3.8, 4) is 0 Å². The highest BCUT2D eigenvalue weighted by atomic mass is 16.5. The second kappa shape index (κ2) is 7.10. The number of carbonyl (C=O) groups is 1. The van der Waals surface area contributed by atoms with Crippen LogP contribution in [0.5, 0.6) is 0 Å². The largest absolute Gasteiger partial charge is 0.385 e. The van der Waals surface area contributed by atoms with E-state index in [9.17, 15) is 4.79 Å². The van der Waals surface area contributed by atoms with Crippen LogP contribution in [0, 0.1) is 5.41 Å². The fourth-order valence-corrected chi connectivity index (χ4v) is 2.76. The van der Waals surface area contributed by atoms with Crippen LogP contribution < -0.4 is 5.73 Å². The van der Waals surface area contributed by atoms with E-state index < -0.39 is 6.04 Å². The molecule has 0 aromatic rings. The molecule has 106 valence electrons. The van der Waals surface area contributed by atoms with Crippen molar-refractivity contribution < 1.29 is 9.53 Å². The molecule has 0 radical (unpaired) electrons. The Bertz CT molecular complexity index is 255. The van der Waals surface area contributed by atoms with Crippen molar-refractivity contribution in [1.82, 2.24) is 4.90 Å². The second-order valence-electron chi connectivity index (χ2n) is 5.42. The quantitative estimate of drug-likeness (QED) is 0.788. The van der Waals surface area contributed by atoms with Gasteiger partial charge in [0.25, 0.3) is 0 Å². The first-order valence-electron chi connectivity index (χ1n) is 7.12. The topological polar surface area (TPSA) is 55.6 Å². The van der Waals surface area contributed by atoms with Crippen LogP contribution in [-0.2, 0) is 9.53 Å². The van der Waals surface area contributed by atoms with Crippen LogP contribution in [0.1, 0.15) is 46.0 Å². The maximum atomic E-state index is 12.1. The second-order valence-corrected chi connectivity index (χ2v) is 5.42. The van der Waals surface area contributed by atoms with Crippen molar-refractivity contribution in [3.05, 3.63) is 0 Å². The van der Waals surface area contributed by atoms with Crippen LogP contribution in [0.15, 0.2) is 0 Å². The third kappa shape index (κ3) is 3.69. The molecule has 1 aliphatic rings. The molecule has 1 atom stereocenters. The molecule has 4 nitrogen and oxygen atoms in total. The summed E-state index contributed by atoms with van der Waals surface area (Å²) in [5.41, 5.74) is 6.35. The maximum absolute atomic E-state index is 12.1. The molecule has 0 spiro atoms. The first kappa shape index (κ1) is 15.4. The van der Waals surface area contributed by atoms with E-state index in [4.69, 9.17) is 10.5 Å². The predicted octanol–water partition coefficient (Wildman–Crippen LogP) is 1.78. The highest BCUT2D eigenvalue weighted by Crippen LogP contribution is 2.37. The first-order chi connectivity index (χ1) is 8.58. The van der Waals surface area contributed by atoms with Gasteiger partial charge in [-0.2, -0.15) is 0 Å². The van der Waals surface area contributed by atoms with Crippen LogP contribution in [-0.4, -0.2) is 43.7 Å². The molecule has 1 rings (SSSR count). The number of piperidine rings is 1. The van der Waals surface area contributed by atoms with E-state index in [0.29, 0.717) is 18.4 Å². The van der Waals surface area contributed by atoms with Gasteiger partial charge in [-0.05, 0) is 24.7 Å². The number of amides is 1. The van der Waals surface area contributed by atoms with Crippen LogP contribution in [0.25, 0.3) is 0 Å². The number of nitrogens with zero attached hydrogens (tertiary/aromatic N) is 1. The summed E-state index contributed by atoms with van der Waals surface area (Å²) >= 11 is 0. The lowest BCUT2D eigenvalue weighted by Gasteiger charge is -2.41. The van der Waals surface area contributed by atoms with E-state index in [1.807, 2.05) is 4.90 Å². The van der Waals surface area contributed by atoms with E-state index in [1.54, 1.807) is 7.11 Å². The lowest BCUT2D eigenvalue weighted by atomic mass is 9.74. The van der Waals surface area contributed by atoms with E-state index in [1.165, 1.54) is 12.8 Å². The fourth-order valence-electron chi connectivity index (χ4n) is 2.76. The monoisotopic (exact) mass is 256 g/mol. The summed E-state index contributed by atoms with van der Waals surface area (Å²) in [6.07, 6.45) is 5.26. The van der Waals surface area contributed by atoms with E-state index in [-0.39, 0.29) is 5.91 Å². The Morgan fingerprint density at radius 2 is 1.89 bits per heavy atom. The first-order valence-corrected chi connectivity index (χ1v) is 7.12. The lowest BCUT2D eigenvalue weighted by molar-refractivity contribution is -0.135. The van der Waals surface area contributed by atoms with Crippen molar-refractivity contribution in [3.63, 3.8) is 0 Å². The molecule has 0 aliphatic carbocycles. The number of likely N-dealkylation sites (tertiary alicyclic amines) is 1. The Morgan fingerprint density at radius 3 is 2.33 bits per heavy atom. The molecule has 1 saturated heterocycles.